The van der Waals surface area contributed by atoms with Gasteiger partial charge in [0, 0.05) is 81.8 Å². The van der Waals surface area contributed by atoms with Gasteiger partial charge in [-0.15, -0.1) is 0 Å². The monoisotopic (exact) mass is 988 g/mol. The lowest BCUT2D eigenvalue weighted by atomic mass is 9.59. The molecule has 6 aliphatic rings. The summed E-state index contributed by atoms with van der Waals surface area (Å²) < 4.78 is 54.8. The SMILES string of the molecule is CC(C)c1ccccc1[C@@H]1COCCN1C1CC2(CCN(c3ccc(C(=O)NS(=O)(=O)c4ccc(NCC5CCOCC5)c([N+](=O)[O-])c4)c(N4c5cc6cc[nH]c6nc5O[C@H]5CCOCC[C@@H]54)c3)CC2)C1. The van der Waals surface area contributed by atoms with Gasteiger partial charge in [-0.1, -0.05) is 38.1 Å². The van der Waals surface area contributed by atoms with Crippen LogP contribution in [0.5, 0.6) is 5.88 Å². The van der Waals surface area contributed by atoms with Crippen LogP contribution in [-0.4, -0.2) is 118 Å². The lowest BCUT2D eigenvalue weighted by Crippen LogP contribution is -2.58. The highest BCUT2D eigenvalue weighted by atomic mass is 32.2. The zero-order chi connectivity index (χ0) is 48.9. The second-order valence-electron chi connectivity index (χ2n) is 20.7. The van der Waals surface area contributed by atoms with E-state index in [1.54, 1.807) is 6.07 Å². The summed E-state index contributed by atoms with van der Waals surface area (Å²) in [5.74, 6) is 0.239. The van der Waals surface area contributed by atoms with Crippen molar-refractivity contribution in [2.75, 3.05) is 80.9 Å². The Kier molecular flexibility index (Phi) is 13.2. The van der Waals surface area contributed by atoms with Crippen LogP contribution in [0.4, 0.5) is 28.4 Å². The number of carbonyl (C=O) groups excluding carboxylic acids is 1. The highest BCUT2D eigenvalue weighted by Crippen LogP contribution is 2.54. The smallest absolute Gasteiger partial charge is 0.293 e. The molecule has 1 saturated carbocycles. The maximum Gasteiger partial charge on any atom is 0.293 e. The number of nitro benzene ring substituents is 1. The summed E-state index contributed by atoms with van der Waals surface area (Å²) in [5.41, 5.74) is 5.71. The van der Waals surface area contributed by atoms with Crippen molar-refractivity contribution in [3.05, 3.63) is 106 Å². The van der Waals surface area contributed by atoms with E-state index in [-0.39, 0.29) is 40.8 Å². The van der Waals surface area contributed by atoms with Gasteiger partial charge < -0.3 is 39.0 Å². The minimum absolute atomic E-state index is 0.127. The summed E-state index contributed by atoms with van der Waals surface area (Å²) in [6, 6.07) is 22.5. The molecule has 376 valence electrons. The van der Waals surface area contributed by atoms with Crippen molar-refractivity contribution in [2.24, 2.45) is 11.3 Å². The first-order valence-corrected chi connectivity index (χ1v) is 26.9. The number of anilines is 4. The third-order valence-corrected chi connectivity index (χ3v) is 17.5. The summed E-state index contributed by atoms with van der Waals surface area (Å²) in [5, 5.41) is 16.3. The highest BCUT2D eigenvalue weighted by Gasteiger charge is 2.50. The Balaban J connectivity index is 0.881. The fourth-order valence-electron chi connectivity index (χ4n) is 12.2. The zero-order valence-electron chi connectivity index (χ0n) is 40.5. The first-order valence-electron chi connectivity index (χ1n) is 25.4. The number of nitrogens with zero attached hydrogens (tertiary/aromatic N) is 5. The van der Waals surface area contributed by atoms with Crippen molar-refractivity contribution in [3.63, 3.8) is 0 Å². The van der Waals surface area contributed by atoms with Crippen LogP contribution < -0.4 is 24.6 Å². The summed E-state index contributed by atoms with van der Waals surface area (Å²) in [6.07, 6.45) is 8.66. The molecule has 11 rings (SSSR count). The van der Waals surface area contributed by atoms with Gasteiger partial charge in [0.2, 0.25) is 5.88 Å². The number of hydrogen-bond donors (Lipinski definition) is 3. The van der Waals surface area contributed by atoms with E-state index in [2.05, 4.69) is 67.8 Å². The van der Waals surface area contributed by atoms with Crippen molar-refractivity contribution < 1.29 is 37.1 Å². The molecule has 5 aliphatic heterocycles. The minimum Gasteiger partial charge on any atom is -0.471 e. The van der Waals surface area contributed by atoms with Gasteiger partial charge >= 0.3 is 0 Å². The standard InChI is InChI=1S/C53H64N8O9S/c1-34(2)40-5-3-4-6-41(40)48-33-69-26-21-59(48)38-30-53(31-38)16-19-58(20-17-53)37-7-9-42(45(28-37)60-44-14-24-68-25-15-49(44)70-52-47(60)27-36-11-18-54-50(36)56-52)51(62)57-71(65,66)39-8-10-43(46(29-39)61(63)64)55-32-35-12-22-67-23-13-35/h3-11,18,27-29,34-35,38,44,48-49,55H,12-17,19-26,30-33H2,1-2H3,(H,54,56)(H,57,62)/t44-,48-,49-/m0/s1. The van der Waals surface area contributed by atoms with Crippen LogP contribution in [0.15, 0.2) is 83.9 Å². The molecule has 71 heavy (non-hydrogen) atoms. The molecule has 4 saturated heterocycles. The lowest BCUT2D eigenvalue weighted by Gasteiger charge is -2.57. The maximum absolute atomic E-state index is 14.7. The largest absolute Gasteiger partial charge is 0.471 e. The quantitative estimate of drug-likeness (QED) is 0.0796. The Labute approximate surface area is 414 Å². The Morgan fingerprint density at radius 1 is 0.901 bits per heavy atom. The Morgan fingerprint density at radius 3 is 2.46 bits per heavy atom. The molecule has 3 aromatic carbocycles. The molecule has 18 heteroatoms. The number of fused-ring (bicyclic) bond motifs is 3. The molecule has 0 unspecified atom stereocenters. The van der Waals surface area contributed by atoms with E-state index in [0.29, 0.717) is 87.3 Å². The van der Waals surface area contributed by atoms with E-state index in [0.717, 1.165) is 81.9 Å². The molecule has 2 aromatic heterocycles. The Hall–Kier alpha value is -5.79. The van der Waals surface area contributed by atoms with E-state index < -0.39 is 31.4 Å². The number of sulfonamides is 1. The molecule has 5 fully saturated rings. The molecule has 1 amide bonds. The maximum atomic E-state index is 14.7. The van der Waals surface area contributed by atoms with Crippen molar-refractivity contribution in [2.45, 2.75) is 100 Å². The normalized spacial score (nSPS) is 23.1. The molecular weight excluding hydrogens is 925 g/mol. The van der Waals surface area contributed by atoms with Gasteiger partial charge in [-0.05, 0) is 116 Å². The summed E-state index contributed by atoms with van der Waals surface area (Å²) >= 11 is 0. The van der Waals surface area contributed by atoms with Crippen LogP contribution in [0.2, 0.25) is 0 Å². The number of amides is 1. The molecule has 0 bridgehead atoms. The number of pyridine rings is 1. The number of H-pyrrole nitrogens is 1. The first-order chi connectivity index (χ1) is 34.4. The Morgan fingerprint density at radius 2 is 1.68 bits per heavy atom. The molecular formula is C53H64N8O9S. The van der Waals surface area contributed by atoms with Crippen LogP contribution >= 0.6 is 0 Å². The number of aromatic nitrogens is 2. The molecule has 7 heterocycles. The first kappa shape index (κ1) is 47.5. The molecule has 3 atom stereocenters. The van der Waals surface area contributed by atoms with Crippen LogP contribution in [0, 0.1) is 21.4 Å². The van der Waals surface area contributed by atoms with Crippen molar-refractivity contribution in [1.29, 1.82) is 0 Å². The van der Waals surface area contributed by atoms with E-state index in [9.17, 15) is 23.3 Å². The van der Waals surface area contributed by atoms with Crippen LogP contribution in [0.3, 0.4) is 0 Å². The minimum atomic E-state index is -4.60. The highest BCUT2D eigenvalue weighted by molar-refractivity contribution is 7.90. The van der Waals surface area contributed by atoms with Crippen molar-refractivity contribution in [3.8, 4) is 5.88 Å². The fourth-order valence-corrected chi connectivity index (χ4v) is 13.2. The van der Waals surface area contributed by atoms with Gasteiger partial charge in [0.05, 0.1) is 53.0 Å². The number of nitro groups is 1. The number of aromatic amines is 1. The third-order valence-electron chi connectivity index (χ3n) is 16.1. The van der Waals surface area contributed by atoms with Crippen LogP contribution in [0.25, 0.3) is 11.0 Å². The average Bonchev–Trinajstić information content (AvgIpc) is 3.71. The summed E-state index contributed by atoms with van der Waals surface area (Å²) in [7, 11) is -4.60. The lowest BCUT2D eigenvalue weighted by molar-refractivity contribution is -0.384. The van der Waals surface area contributed by atoms with Gasteiger partial charge in [-0.3, -0.25) is 19.8 Å². The number of ether oxygens (including phenoxy) is 4. The van der Waals surface area contributed by atoms with E-state index >= 15 is 0 Å². The second-order valence-corrected chi connectivity index (χ2v) is 22.4. The van der Waals surface area contributed by atoms with Crippen LogP contribution in [0.1, 0.15) is 98.7 Å². The van der Waals surface area contributed by atoms with E-state index in [4.69, 9.17) is 23.9 Å². The average molecular weight is 989 g/mol. The number of piperidine rings is 1. The van der Waals surface area contributed by atoms with Crippen molar-refractivity contribution in [1.82, 2.24) is 19.6 Å². The number of nitrogens with one attached hydrogen (secondary N) is 3. The number of carbonyl (C=O) groups is 1. The summed E-state index contributed by atoms with van der Waals surface area (Å²) in [6.45, 7) is 11.3. The van der Waals surface area contributed by atoms with E-state index in [1.807, 2.05) is 30.5 Å². The van der Waals surface area contributed by atoms with Crippen molar-refractivity contribution >= 4 is 55.4 Å². The molecule has 1 aliphatic carbocycles. The molecule has 3 N–H and O–H groups in total. The van der Waals surface area contributed by atoms with Gasteiger partial charge in [-0.25, -0.2) is 13.1 Å². The number of hydrogen-bond acceptors (Lipinski definition) is 14. The second kappa shape index (κ2) is 19.7. The van der Waals surface area contributed by atoms with Gasteiger partial charge in [0.1, 0.15) is 23.1 Å². The van der Waals surface area contributed by atoms with Gasteiger partial charge in [0.15, 0.2) is 0 Å². The third kappa shape index (κ3) is 9.44. The topological polar surface area (TPSA) is 194 Å². The molecule has 0 radical (unpaired) electrons. The molecule has 5 aromatic rings. The van der Waals surface area contributed by atoms with Gasteiger partial charge in [-0.2, -0.15) is 4.98 Å². The summed E-state index contributed by atoms with van der Waals surface area (Å²) in [4.78, 5) is 41.3. The number of rotatable bonds is 12. The predicted molar refractivity (Wildman–Crippen MR) is 270 cm³/mol. The number of benzene rings is 3. The number of morpholine rings is 1. The molecule has 1 spiro atoms. The van der Waals surface area contributed by atoms with Gasteiger partial charge in [0.25, 0.3) is 21.6 Å². The zero-order valence-corrected chi connectivity index (χ0v) is 41.3. The predicted octanol–water partition coefficient (Wildman–Crippen LogP) is 8.45. The molecule has 17 nitrogen and oxygen atoms in total. The Bertz CT molecular complexity index is 2890. The van der Waals surface area contributed by atoms with Crippen LogP contribution in [-0.2, 0) is 24.2 Å². The fraction of sp³-hybridized carbons (Fsp3) is 0.509. The van der Waals surface area contributed by atoms with E-state index in [1.165, 1.54) is 23.3 Å².